The Hall–Kier alpha value is -2.70. The summed E-state index contributed by atoms with van der Waals surface area (Å²) >= 11 is 0. The highest BCUT2D eigenvalue weighted by molar-refractivity contribution is 5.97. The van der Waals surface area contributed by atoms with Crippen LogP contribution >= 0.6 is 0 Å². The Balaban J connectivity index is 2.39. The lowest BCUT2D eigenvalue weighted by molar-refractivity contribution is 0.0995. The predicted octanol–water partition coefficient (Wildman–Crippen LogP) is 1.06. The van der Waals surface area contributed by atoms with Crippen molar-refractivity contribution >= 4 is 23.2 Å². The van der Waals surface area contributed by atoms with Crippen LogP contribution in [0.25, 0.3) is 0 Å². The standard InChI is InChI=1S/C12H14N6O/c1-7-4-3-5-9(15-7)16-8-6-10(14-2)17-18-11(8)12(13)19/h3-6H,1-2H3,(H2,13,19)(H2,14,15,16,17). The fourth-order valence-electron chi connectivity index (χ4n) is 1.54. The summed E-state index contributed by atoms with van der Waals surface area (Å²) in [5.74, 6) is 0.489. The molecule has 0 bridgehead atoms. The third-order valence-electron chi connectivity index (χ3n) is 2.43. The van der Waals surface area contributed by atoms with Gasteiger partial charge in [-0.2, -0.15) is 0 Å². The minimum atomic E-state index is -0.648. The van der Waals surface area contributed by atoms with Crippen LogP contribution in [-0.4, -0.2) is 28.1 Å². The fraction of sp³-hybridized carbons (Fsp3) is 0.167. The number of primary amides is 1. The van der Waals surface area contributed by atoms with E-state index in [0.717, 1.165) is 5.69 Å². The van der Waals surface area contributed by atoms with Crippen molar-refractivity contribution in [2.45, 2.75) is 6.92 Å². The summed E-state index contributed by atoms with van der Waals surface area (Å²) in [5.41, 5.74) is 6.66. The van der Waals surface area contributed by atoms with Crippen LogP contribution in [0, 0.1) is 6.92 Å². The van der Waals surface area contributed by atoms with E-state index < -0.39 is 5.91 Å². The first kappa shape index (κ1) is 12.7. The van der Waals surface area contributed by atoms with Crippen molar-refractivity contribution in [3.05, 3.63) is 35.7 Å². The van der Waals surface area contributed by atoms with Crippen LogP contribution in [0.2, 0.25) is 0 Å². The second kappa shape index (κ2) is 5.30. The third kappa shape index (κ3) is 2.95. The van der Waals surface area contributed by atoms with E-state index in [-0.39, 0.29) is 5.69 Å². The van der Waals surface area contributed by atoms with E-state index >= 15 is 0 Å². The third-order valence-corrected chi connectivity index (χ3v) is 2.43. The van der Waals surface area contributed by atoms with Gasteiger partial charge in [-0.3, -0.25) is 4.79 Å². The van der Waals surface area contributed by atoms with Crippen LogP contribution in [0.15, 0.2) is 24.3 Å². The molecule has 7 heteroatoms. The van der Waals surface area contributed by atoms with Gasteiger partial charge < -0.3 is 16.4 Å². The molecule has 7 nitrogen and oxygen atoms in total. The molecule has 2 aromatic heterocycles. The first-order valence-corrected chi connectivity index (χ1v) is 5.66. The van der Waals surface area contributed by atoms with Gasteiger partial charge in [0.15, 0.2) is 11.5 Å². The zero-order valence-electron chi connectivity index (χ0n) is 10.6. The Kier molecular flexibility index (Phi) is 3.56. The molecule has 4 N–H and O–H groups in total. The zero-order valence-corrected chi connectivity index (χ0v) is 10.6. The topological polar surface area (TPSA) is 106 Å². The van der Waals surface area contributed by atoms with Gasteiger partial charge >= 0.3 is 0 Å². The van der Waals surface area contributed by atoms with Gasteiger partial charge in [0.1, 0.15) is 5.82 Å². The fourth-order valence-corrected chi connectivity index (χ4v) is 1.54. The number of aryl methyl sites for hydroxylation is 1. The van der Waals surface area contributed by atoms with Gasteiger partial charge in [-0.05, 0) is 19.1 Å². The molecule has 1 amide bonds. The van der Waals surface area contributed by atoms with E-state index in [4.69, 9.17) is 5.73 Å². The highest BCUT2D eigenvalue weighted by atomic mass is 16.1. The molecule has 0 saturated carbocycles. The van der Waals surface area contributed by atoms with Crippen molar-refractivity contribution in [2.75, 3.05) is 17.7 Å². The number of nitrogens with one attached hydrogen (secondary N) is 2. The number of nitrogens with two attached hydrogens (primary N) is 1. The van der Waals surface area contributed by atoms with Crippen LogP contribution in [0.1, 0.15) is 16.2 Å². The molecule has 0 aliphatic rings. The molecule has 2 rings (SSSR count). The minimum Gasteiger partial charge on any atom is -0.372 e. The van der Waals surface area contributed by atoms with Crippen LogP contribution in [0.5, 0.6) is 0 Å². The van der Waals surface area contributed by atoms with Crippen LogP contribution in [-0.2, 0) is 0 Å². The lowest BCUT2D eigenvalue weighted by Gasteiger charge is -2.10. The molecule has 0 aliphatic carbocycles. The molecule has 0 fully saturated rings. The molecule has 2 aromatic rings. The zero-order chi connectivity index (χ0) is 13.8. The Morgan fingerprint density at radius 3 is 2.68 bits per heavy atom. The Morgan fingerprint density at radius 1 is 1.26 bits per heavy atom. The van der Waals surface area contributed by atoms with Crippen molar-refractivity contribution in [2.24, 2.45) is 5.73 Å². The molecule has 0 radical (unpaired) electrons. The number of nitrogens with zero attached hydrogens (tertiary/aromatic N) is 3. The Bertz CT molecular complexity index is 613. The van der Waals surface area contributed by atoms with E-state index in [9.17, 15) is 4.79 Å². The van der Waals surface area contributed by atoms with E-state index in [1.54, 1.807) is 19.2 Å². The maximum absolute atomic E-state index is 11.3. The SMILES string of the molecule is CNc1cc(Nc2cccc(C)n2)c(C(N)=O)nn1. The van der Waals surface area contributed by atoms with Crippen molar-refractivity contribution in [3.63, 3.8) is 0 Å². The van der Waals surface area contributed by atoms with Crippen molar-refractivity contribution < 1.29 is 4.79 Å². The van der Waals surface area contributed by atoms with Gasteiger partial charge in [-0.25, -0.2) is 4.98 Å². The second-order valence-electron chi connectivity index (χ2n) is 3.90. The first-order chi connectivity index (χ1) is 9.10. The number of pyridine rings is 1. The van der Waals surface area contributed by atoms with Gasteiger partial charge in [0.05, 0.1) is 5.69 Å². The number of anilines is 3. The summed E-state index contributed by atoms with van der Waals surface area (Å²) in [4.78, 5) is 15.6. The highest BCUT2D eigenvalue weighted by Crippen LogP contribution is 2.20. The molecule has 98 valence electrons. The summed E-state index contributed by atoms with van der Waals surface area (Å²) < 4.78 is 0. The van der Waals surface area contributed by atoms with Crippen molar-refractivity contribution in [1.82, 2.24) is 15.2 Å². The van der Waals surface area contributed by atoms with Gasteiger partial charge in [-0.15, -0.1) is 10.2 Å². The molecule has 2 heterocycles. The maximum Gasteiger partial charge on any atom is 0.271 e. The van der Waals surface area contributed by atoms with Gasteiger partial charge in [0, 0.05) is 18.8 Å². The average Bonchev–Trinajstić information content (AvgIpc) is 2.38. The number of carbonyl (C=O) groups excluding carboxylic acids is 1. The number of aromatic nitrogens is 3. The van der Waals surface area contributed by atoms with Crippen LogP contribution in [0.4, 0.5) is 17.3 Å². The van der Waals surface area contributed by atoms with Gasteiger partial charge in [0.2, 0.25) is 0 Å². The first-order valence-electron chi connectivity index (χ1n) is 5.66. The minimum absolute atomic E-state index is 0.0716. The molecule has 0 unspecified atom stereocenters. The lowest BCUT2D eigenvalue weighted by Crippen LogP contribution is -2.17. The Morgan fingerprint density at radius 2 is 2.05 bits per heavy atom. The molecule has 0 saturated heterocycles. The summed E-state index contributed by atoms with van der Waals surface area (Å²) in [7, 11) is 1.71. The van der Waals surface area contributed by atoms with E-state index in [2.05, 4.69) is 25.8 Å². The molecule has 0 aliphatic heterocycles. The lowest BCUT2D eigenvalue weighted by atomic mass is 10.3. The normalized spacial score (nSPS) is 10.0. The molecule has 0 spiro atoms. The quantitative estimate of drug-likeness (QED) is 0.757. The number of rotatable bonds is 4. The number of hydrogen-bond donors (Lipinski definition) is 3. The summed E-state index contributed by atoms with van der Waals surface area (Å²) in [6, 6.07) is 7.18. The van der Waals surface area contributed by atoms with E-state index in [1.165, 1.54) is 0 Å². The average molecular weight is 258 g/mol. The van der Waals surface area contributed by atoms with Gasteiger partial charge in [-0.1, -0.05) is 6.07 Å². The second-order valence-corrected chi connectivity index (χ2v) is 3.90. The molecule has 0 atom stereocenters. The van der Waals surface area contributed by atoms with E-state index in [0.29, 0.717) is 17.3 Å². The highest BCUT2D eigenvalue weighted by Gasteiger charge is 2.12. The van der Waals surface area contributed by atoms with Crippen LogP contribution in [0.3, 0.4) is 0 Å². The maximum atomic E-state index is 11.3. The smallest absolute Gasteiger partial charge is 0.271 e. The molecule has 0 aromatic carbocycles. The number of amides is 1. The van der Waals surface area contributed by atoms with Crippen LogP contribution < -0.4 is 16.4 Å². The molecule has 19 heavy (non-hydrogen) atoms. The molecular formula is C12H14N6O. The molecular weight excluding hydrogens is 244 g/mol. The van der Waals surface area contributed by atoms with Gasteiger partial charge in [0.25, 0.3) is 5.91 Å². The predicted molar refractivity (Wildman–Crippen MR) is 72.4 cm³/mol. The monoisotopic (exact) mass is 258 g/mol. The largest absolute Gasteiger partial charge is 0.372 e. The number of hydrogen-bond acceptors (Lipinski definition) is 6. The summed E-state index contributed by atoms with van der Waals surface area (Å²) in [6.07, 6.45) is 0. The summed E-state index contributed by atoms with van der Waals surface area (Å²) in [5, 5.41) is 13.5. The van der Waals surface area contributed by atoms with E-state index in [1.807, 2.05) is 19.1 Å². The number of carbonyl (C=O) groups is 1. The Labute approximate surface area is 110 Å². The van der Waals surface area contributed by atoms with Crippen molar-refractivity contribution in [1.29, 1.82) is 0 Å². The van der Waals surface area contributed by atoms with Crippen molar-refractivity contribution in [3.8, 4) is 0 Å². The summed E-state index contributed by atoms with van der Waals surface area (Å²) in [6.45, 7) is 1.88.